The molecule has 0 aliphatic heterocycles. The molecule has 2 rings (SSSR count). The summed E-state index contributed by atoms with van der Waals surface area (Å²) in [6.07, 6.45) is 5.08. The van der Waals surface area contributed by atoms with Gasteiger partial charge in [-0.15, -0.1) is 0 Å². The van der Waals surface area contributed by atoms with E-state index in [1.165, 1.54) is 4.90 Å². The van der Waals surface area contributed by atoms with Gasteiger partial charge in [0.25, 0.3) is 0 Å². The summed E-state index contributed by atoms with van der Waals surface area (Å²) in [4.78, 5) is 35.3. The number of nitriles is 1. The second-order valence-corrected chi connectivity index (χ2v) is 10.2. The third kappa shape index (κ3) is 12.0. The number of nitrogens with one attached hydrogen (secondary N) is 3. The number of nitrogens with zero attached hydrogens (tertiary/aromatic N) is 4. The van der Waals surface area contributed by atoms with Crippen molar-refractivity contribution in [1.29, 1.82) is 5.26 Å². The van der Waals surface area contributed by atoms with Crippen molar-refractivity contribution in [3.8, 4) is 17.9 Å². The van der Waals surface area contributed by atoms with Crippen LogP contribution >= 0.6 is 0 Å². The molecule has 1 heterocycles. The van der Waals surface area contributed by atoms with Crippen LogP contribution in [0.3, 0.4) is 0 Å². The van der Waals surface area contributed by atoms with Gasteiger partial charge in [0.05, 0.1) is 23.4 Å². The van der Waals surface area contributed by atoms with Crippen LogP contribution in [0, 0.1) is 23.2 Å². The Labute approximate surface area is 237 Å². The van der Waals surface area contributed by atoms with Crippen molar-refractivity contribution in [3.05, 3.63) is 41.6 Å². The van der Waals surface area contributed by atoms with Crippen LogP contribution in [0.1, 0.15) is 77.8 Å². The van der Waals surface area contributed by atoms with Crippen LogP contribution in [0.15, 0.2) is 30.5 Å². The lowest BCUT2D eigenvalue weighted by molar-refractivity contribution is -0.122. The van der Waals surface area contributed by atoms with Crippen LogP contribution in [0.25, 0.3) is 0 Å². The van der Waals surface area contributed by atoms with Crippen molar-refractivity contribution in [2.24, 2.45) is 0 Å². The summed E-state index contributed by atoms with van der Waals surface area (Å²) in [7, 11) is 0. The Morgan fingerprint density at radius 2 is 1.82 bits per heavy atom. The van der Waals surface area contributed by atoms with Crippen LogP contribution in [-0.2, 0) is 9.53 Å². The largest absolute Gasteiger partial charge is 0.444 e. The highest BCUT2D eigenvalue weighted by Gasteiger charge is 2.23. The predicted octanol–water partition coefficient (Wildman–Crippen LogP) is 5.20. The highest BCUT2D eigenvalue weighted by atomic mass is 16.6. The van der Waals surface area contributed by atoms with Gasteiger partial charge in [-0.1, -0.05) is 32.1 Å². The molecule has 10 nitrogen and oxygen atoms in total. The van der Waals surface area contributed by atoms with Crippen LogP contribution < -0.4 is 16.0 Å². The molecule has 1 aromatic heterocycles. The van der Waals surface area contributed by atoms with Gasteiger partial charge in [-0.05, 0) is 64.3 Å². The molecule has 2 amide bonds. The number of aromatic nitrogens is 2. The number of carbonyl (C=O) groups excluding carboxylic acids is 2. The molecular formula is C30H41N7O3. The molecule has 0 radical (unpaired) electrons. The van der Waals surface area contributed by atoms with Gasteiger partial charge < -0.3 is 20.7 Å². The minimum Gasteiger partial charge on any atom is -0.444 e. The fraction of sp³-hybridized carbons (Fsp3) is 0.500. The first kappa shape index (κ1) is 31.9. The molecule has 40 heavy (non-hydrogen) atoms. The summed E-state index contributed by atoms with van der Waals surface area (Å²) >= 11 is 0. The molecule has 0 saturated heterocycles. The molecule has 2 aromatic rings. The molecule has 0 atom stereocenters. The first-order chi connectivity index (χ1) is 19.1. The van der Waals surface area contributed by atoms with Gasteiger partial charge in [0.1, 0.15) is 18.0 Å². The number of rotatable bonds is 13. The monoisotopic (exact) mass is 547 g/mol. The number of ether oxygens (including phenoxy) is 1. The molecular weight excluding hydrogens is 506 g/mol. The molecule has 0 saturated carbocycles. The second kappa shape index (κ2) is 16.6. The fourth-order valence-electron chi connectivity index (χ4n) is 3.37. The van der Waals surface area contributed by atoms with Crippen molar-refractivity contribution >= 4 is 29.5 Å². The summed E-state index contributed by atoms with van der Waals surface area (Å²) in [5.74, 6) is 7.10. The fourth-order valence-corrected chi connectivity index (χ4v) is 3.37. The molecule has 3 N–H and O–H groups in total. The van der Waals surface area contributed by atoms with Gasteiger partial charge in [-0.2, -0.15) is 10.2 Å². The molecule has 0 aliphatic rings. The Bertz CT molecular complexity index is 1210. The number of carbonyl (C=O) groups is 2. The van der Waals surface area contributed by atoms with Gasteiger partial charge in [0, 0.05) is 31.7 Å². The van der Waals surface area contributed by atoms with E-state index in [2.05, 4.69) is 50.8 Å². The zero-order valence-corrected chi connectivity index (χ0v) is 24.3. The van der Waals surface area contributed by atoms with Crippen LogP contribution in [0.2, 0.25) is 0 Å². The van der Waals surface area contributed by atoms with Crippen LogP contribution in [0.5, 0.6) is 0 Å². The summed E-state index contributed by atoms with van der Waals surface area (Å²) in [5.41, 5.74) is 1.43. The number of hydrogen-bond acceptors (Lipinski definition) is 8. The van der Waals surface area contributed by atoms with E-state index >= 15 is 0 Å². The number of benzene rings is 1. The summed E-state index contributed by atoms with van der Waals surface area (Å²) < 4.78 is 5.44. The van der Waals surface area contributed by atoms with Crippen molar-refractivity contribution in [1.82, 2.24) is 20.2 Å². The van der Waals surface area contributed by atoms with Crippen molar-refractivity contribution in [3.63, 3.8) is 0 Å². The molecule has 214 valence electrons. The van der Waals surface area contributed by atoms with E-state index in [1.807, 2.05) is 27.7 Å². The molecule has 0 fully saturated rings. The maximum atomic E-state index is 12.5. The highest BCUT2D eigenvalue weighted by molar-refractivity contribution is 5.82. The normalized spacial score (nSPS) is 10.5. The summed E-state index contributed by atoms with van der Waals surface area (Å²) in [6.45, 7) is 11.2. The van der Waals surface area contributed by atoms with E-state index in [9.17, 15) is 9.59 Å². The highest BCUT2D eigenvalue weighted by Crippen LogP contribution is 2.18. The van der Waals surface area contributed by atoms with Crippen molar-refractivity contribution in [2.45, 2.75) is 72.3 Å². The molecule has 0 bridgehead atoms. The Balaban J connectivity index is 1.90. The van der Waals surface area contributed by atoms with Gasteiger partial charge >= 0.3 is 6.09 Å². The number of unbranched alkanes of at least 4 members (excludes halogenated alkanes) is 2. The van der Waals surface area contributed by atoms with Crippen molar-refractivity contribution in [2.75, 3.05) is 36.8 Å². The Hall–Kier alpha value is -4.31. The van der Waals surface area contributed by atoms with Crippen molar-refractivity contribution < 1.29 is 14.3 Å². The number of hydrogen-bond donors (Lipinski definition) is 3. The summed E-state index contributed by atoms with van der Waals surface area (Å²) in [5, 5.41) is 18.3. The summed E-state index contributed by atoms with van der Waals surface area (Å²) in [6, 6.07) is 9.15. The minimum atomic E-state index is -0.616. The second-order valence-electron chi connectivity index (χ2n) is 10.2. The van der Waals surface area contributed by atoms with Crippen LogP contribution in [0.4, 0.5) is 22.2 Å². The lowest BCUT2D eigenvalue weighted by Gasteiger charge is -2.27. The predicted molar refractivity (Wildman–Crippen MR) is 157 cm³/mol. The number of anilines is 3. The first-order valence-corrected chi connectivity index (χ1v) is 13.8. The van der Waals surface area contributed by atoms with E-state index in [-0.39, 0.29) is 12.5 Å². The quantitative estimate of drug-likeness (QED) is 0.230. The van der Waals surface area contributed by atoms with Crippen LogP contribution in [-0.4, -0.2) is 58.6 Å². The van der Waals surface area contributed by atoms with E-state index in [1.54, 1.807) is 30.5 Å². The number of amides is 2. The average molecular weight is 548 g/mol. The first-order valence-electron chi connectivity index (χ1n) is 13.8. The van der Waals surface area contributed by atoms with Gasteiger partial charge in [0.2, 0.25) is 11.9 Å². The maximum Gasteiger partial charge on any atom is 0.410 e. The van der Waals surface area contributed by atoms with E-state index in [4.69, 9.17) is 10.00 Å². The maximum absolute atomic E-state index is 12.5. The average Bonchev–Trinajstić information content (AvgIpc) is 2.92. The third-order valence-corrected chi connectivity index (χ3v) is 5.39. The van der Waals surface area contributed by atoms with Gasteiger partial charge in [-0.3, -0.25) is 9.69 Å². The lowest BCUT2D eigenvalue weighted by atomic mass is 10.2. The molecule has 0 aliphatic carbocycles. The molecule has 0 unspecified atom stereocenters. The van der Waals surface area contributed by atoms with E-state index in [0.717, 1.165) is 31.5 Å². The van der Waals surface area contributed by atoms with E-state index < -0.39 is 11.7 Å². The molecule has 0 spiro atoms. The zero-order chi connectivity index (χ0) is 29.4. The smallest absolute Gasteiger partial charge is 0.410 e. The third-order valence-electron chi connectivity index (χ3n) is 5.39. The SMILES string of the molecule is CCCCN(CC(=O)NCCCC#Cc1cnc(Nc2ccc(C#N)cc2)nc1NCCC)C(=O)OC(C)(C)C. The van der Waals surface area contributed by atoms with Gasteiger partial charge in [0.15, 0.2) is 0 Å². The topological polar surface area (TPSA) is 132 Å². The van der Waals surface area contributed by atoms with Gasteiger partial charge in [-0.25, -0.2) is 9.78 Å². The molecule has 1 aromatic carbocycles. The zero-order valence-electron chi connectivity index (χ0n) is 24.3. The lowest BCUT2D eigenvalue weighted by Crippen LogP contribution is -2.43. The molecule has 10 heteroatoms. The van der Waals surface area contributed by atoms with E-state index in [0.29, 0.717) is 48.8 Å². The minimum absolute atomic E-state index is 0.0345. The Kier molecular flexibility index (Phi) is 13.2. The Morgan fingerprint density at radius 3 is 2.48 bits per heavy atom. The standard InChI is InChI=1S/C30H41N7O3/c1-6-8-19-37(29(39)40-30(3,4)5)22-26(38)32-18-11-9-10-12-24-21-34-28(36-27(24)33-17-7-2)35-25-15-13-23(20-31)14-16-25/h13-16,21H,6-9,11,17-19,22H2,1-5H3,(H,32,38)(H2,33,34,35,36). The Morgan fingerprint density at radius 1 is 1.07 bits per heavy atom.